The summed E-state index contributed by atoms with van der Waals surface area (Å²) in [5.74, 6) is -3.61. The first-order chi connectivity index (χ1) is 22.7. The number of para-hydroxylation sites is 1. The molecule has 3 heterocycles. The predicted molar refractivity (Wildman–Crippen MR) is 179 cm³/mol. The van der Waals surface area contributed by atoms with Crippen LogP contribution < -0.4 is 21.3 Å². The second kappa shape index (κ2) is 15.7. The predicted octanol–water partition coefficient (Wildman–Crippen LogP) is 2.23. The number of amides is 5. The lowest BCUT2D eigenvalue weighted by atomic mass is 10.00. The number of hydrogen-bond donors (Lipinski definition) is 5. The molecule has 0 unspecified atom stereocenters. The summed E-state index contributed by atoms with van der Waals surface area (Å²) >= 11 is 0. The number of aromatic amines is 1. The van der Waals surface area contributed by atoms with Crippen LogP contribution in [0.1, 0.15) is 85.6 Å². The number of rotatable bonds is 8. The minimum absolute atomic E-state index is 0.00567. The standard InChI is InChI=1S/C35H50N6O7/c1-7-11-24-30(43)38-25(16-20(2)3)31(44)39-26(17-21-19-36-23-13-9-8-12-22(21)23)32(45)40-27(18-29(42)48-35(4,5)6)34(47)41-15-10-14-28(41)33(46)37-24/h8-9,12-13,19-20,24-28,36H,7,10-11,14-18H2,1-6H3,(H,37,46)(H,38,43)(H,39,44)(H,40,45)/t24-,25+,26-,27-,28+/m1/s1. The van der Waals surface area contributed by atoms with Crippen molar-refractivity contribution < 1.29 is 33.5 Å². The third-order valence-corrected chi connectivity index (χ3v) is 8.53. The van der Waals surface area contributed by atoms with Crippen LogP contribution in [0.5, 0.6) is 0 Å². The molecule has 0 spiro atoms. The number of nitrogens with one attached hydrogen (secondary N) is 5. The molecule has 1 aromatic heterocycles. The number of fused-ring (bicyclic) bond motifs is 2. The highest BCUT2D eigenvalue weighted by atomic mass is 16.6. The molecule has 48 heavy (non-hydrogen) atoms. The quantitative estimate of drug-likeness (QED) is 0.268. The van der Waals surface area contributed by atoms with Crippen molar-refractivity contribution in [2.24, 2.45) is 5.92 Å². The first kappa shape index (κ1) is 36.4. The Balaban J connectivity index is 1.77. The van der Waals surface area contributed by atoms with Gasteiger partial charge in [0, 0.05) is 30.1 Å². The molecule has 2 fully saturated rings. The number of esters is 1. The van der Waals surface area contributed by atoms with Gasteiger partial charge < -0.3 is 35.9 Å². The highest BCUT2D eigenvalue weighted by Gasteiger charge is 2.41. The molecule has 4 rings (SSSR count). The summed E-state index contributed by atoms with van der Waals surface area (Å²) in [5.41, 5.74) is 0.754. The van der Waals surface area contributed by atoms with Crippen molar-refractivity contribution in [1.29, 1.82) is 0 Å². The fourth-order valence-corrected chi connectivity index (χ4v) is 6.33. The molecule has 5 N–H and O–H groups in total. The SMILES string of the molecule is CCC[C@H]1NC(=O)[C@@H]2CCCN2C(=O)[C@@H](CC(=O)OC(C)(C)C)NC(=O)[C@@H](Cc2c[nH]c3ccccc23)NC(=O)[C@H](CC(C)C)NC1=O. The molecule has 2 aliphatic heterocycles. The Bertz CT molecular complexity index is 1510. The summed E-state index contributed by atoms with van der Waals surface area (Å²) in [6, 6.07) is 2.15. The zero-order chi connectivity index (χ0) is 35.2. The number of carbonyl (C=O) groups is 6. The van der Waals surface area contributed by atoms with Crippen LogP contribution in [0, 0.1) is 5.92 Å². The zero-order valence-electron chi connectivity index (χ0n) is 28.8. The van der Waals surface area contributed by atoms with Crippen LogP contribution in [0.4, 0.5) is 0 Å². The molecule has 0 aliphatic carbocycles. The number of H-pyrrole nitrogens is 1. The smallest absolute Gasteiger partial charge is 0.308 e. The first-order valence-electron chi connectivity index (χ1n) is 17.0. The number of carbonyl (C=O) groups excluding carboxylic acids is 6. The molecule has 2 aromatic rings. The Morgan fingerprint density at radius 2 is 1.52 bits per heavy atom. The van der Waals surface area contributed by atoms with Gasteiger partial charge in [-0.25, -0.2) is 0 Å². The van der Waals surface area contributed by atoms with Gasteiger partial charge in [-0.3, -0.25) is 28.8 Å². The fraction of sp³-hybridized carbons (Fsp3) is 0.600. The highest BCUT2D eigenvalue weighted by molar-refractivity contribution is 5.99. The molecule has 2 aliphatic rings. The van der Waals surface area contributed by atoms with E-state index >= 15 is 0 Å². The van der Waals surface area contributed by atoms with Gasteiger partial charge in [-0.15, -0.1) is 0 Å². The fourth-order valence-electron chi connectivity index (χ4n) is 6.33. The molecule has 262 valence electrons. The summed E-state index contributed by atoms with van der Waals surface area (Å²) in [5, 5.41) is 12.1. The third-order valence-electron chi connectivity index (χ3n) is 8.53. The number of ether oxygens (including phenoxy) is 1. The zero-order valence-corrected chi connectivity index (χ0v) is 28.8. The lowest BCUT2D eigenvalue weighted by Gasteiger charge is -2.30. The molecule has 5 amide bonds. The van der Waals surface area contributed by atoms with Crippen LogP contribution >= 0.6 is 0 Å². The van der Waals surface area contributed by atoms with E-state index in [0.29, 0.717) is 25.7 Å². The van der Waals surface area contributed by atoms with Gasteiger partial charge in [0.25, 0.3) is 0 Å². The van der Waals surface area contributed by atoms with E-state index in [1.807, 2.05) is 45.0 Å². The molecule has 0 saturated carbocycles. The molecule has 2 saturated heterocycles. The van der Waals surface area contributed by atoms with Crippen molar-refractivity contribution in [3.63, 3.8) is 0 Å². The summed E-state index contributed by atoms with van der Waals surface area (Å²) in [6.45, 7) is 11.0. The van der Waals surface area contributed by atoms with E-state index in [-0.39, 0.29) is 25.3 Å². The molecule has 1 aromatic carbocycles. The van der Waals surface area contributed by atoms with E-state index in [1.54, 1.807) is 27.0 Å². The average Bonchev–Trinajstić information content (AvgIpc) is 3.65. The lowest BCUT2D eigenvalue weighted by Crippen LogP contribution is -2.58. The summed E-state index contributed by atoms with van der Waals surface area (Å²) in [6.07, 6.45) is 3.40. The summed E-state index contributed by atoms with van der Waals surface area (Å²) in [7, 11) is 0. The van der Waals surface area contributed by atoms with E-state index < -0.39 is 77.7 Å². The van der Waals surface area contributed by atoms with Crippen LogP contribution in [0.3, 0.4) is 0 Å². The van der Waals surface area contributed by atoms with E-state index in [0.717, 1.165) is 16.5 Å². The van der Waals surface area contributed by atoms with Crippen molar-refractivity contribution in [2.45, 2.75) is 122 Å². The van der Waals surface area contributed by atoms with E-state index in [9.17, 15) is 28.8 Å². The third kappa shape index (κ3) is 9.35. The maximum atomic E-state index is 14.1. The maximum Gasteiger partial charge on any atom is 0.308 e. The van der Waals surface area contributed by atoms with E-state index in [4.69, 9.17) is 4.74 Å². The van der Waals surface area contributed by atoms with Crippen molar-refractivity contribution >= 4 is 46.4 Å². The summed E-state index contributed by atoms with van der Waals surface area (Å²) in [4.78, 5) is 87.0. The van der Waals surface area contributed by atoms with Crippen LogP contribution in [0.25, 0.3) is 10.9 Å². The number of hydrogen-bond acceptors (Lipinski definition) is 7. The van der Waals surface area contributed by atoms with Crippen LogP contribution in [-0.4, -0.2) is 87.7 Å². The minimum Gasteiger partial charge on any atom is -0.460 e. The molecule has 5 atom stereocenters. The van der Waals surface area contributed by atoms with Crippen molar-refractivity contribution in [1.82, 2.24) is 31.2 Å². The van der Waals surface area contributed by atoms with Gasteiger partial charge in [0.15, 0.2) is 0 Å². The number of benzene rings is 1. The monoisotopic (exact) mass is 666 g/mol. The normalized spacial score (nSPS) is 24.7. The van der Waals surface area contributed by atoms with Crippen molar-refractivity contribution in [2.75, 3.05) is 6.54 Å². The topological polar surface area (TPSA) is 179 Å². The van der Waals surface area contributed by atoms with E-state index in [2.05, 4.69) is 26.3 Å². The maximum absolute atomic E-state index is 14.1. The molecular formula is C35H50N6O7. The summed E-state index contributed by atoms with van der Waals surface area (Å²) < 4.78 is 5.50. The molecule has 0 radical (unpaired) electrons. The molecular weight excluding hydrogens is 616 g/mol. The minimum atomic E-state index is -1.37. The van der Waals surface area contributed by atoms with Gasteiger partial charge in [0.05, 0.1) is 6.42 Å². The Morgan fingerprint density at radius 1 is 0.896 bits per heavy atom. The van der Waals surface area contributed by atoms with Gasteiger partial charge in [0.2, 0.25) is 29.5 Å². The Kier molecular flexibility index (Phi) is 11.9. The van der Waals surface area contributed by atoms with Crippen molar-refractivity contribution in [3.05, 3.63) is 36.0 Å². The molecule has 13 nitrogen and oxygen atoms in total. The van der Waals surface area contributed by atoms with Crippen LogP contribution in [0.2, 0.25) is 0 Å². The number of nitrogens with zero attached hydrogens (tertiary/aromatic N) is 1. The van der Waals surface area contributed by atoms with Gasteiger partial charge in [-0.1, -0.05) is 45.4 Å². The molecule has 13 heteroatoms. The van der Waals surface area contributed by atoms with Gasteiger partial charge >= 0.3 is 5.97 Å². The largest absolute Gasteiger partial charge is 0.460 e. The second-order valence-corrected chi connectivity index (χ2v) is 14.2. The van der Waals surface area contributed by atoms with Crippen LogP contribution in [0.15, 0.2) is 30.5 Å². The molecule has 0 bridgehead atoms. The number of aromatic nitrogens is 1. The Labute approximate surface area is 281 Å². The van der Waals surface area contributed by atoms with Gasteiger partial charge in [0.1, 0.15) is 35.8 Å². The van der Waals surface area contributed by atoms with Crippen LogP contribution in [-0.2, 0) is 39.9 Å². The second-order valence-electron chi connectivity index (χ2n) is 14.2. The van der Waals surface area contributed by atoms with E-state index in [1.165, 1.54) is 4.90 Å². The lowest BCUT2D eigenvalue weighted by molar-refractivity contribution is -0.157. The first-order valence-corrected chi connectivity index (χ1v) is 17.0. The Hall–Kier alpha value is -4.42. The highest BCUT2D eigenvalue weighted by Crippen LogP contribution is 2.23. The van der Waals surface area contributed by atoms with Gasteiger partial charge in [-0.2, -0.15) is 0 Å². The average molecular weight is 667 g/mol. The Morgan fingerprint density at radius 3 is 2.21 bits per heavy atom. The van der Waals surface area contributed by atoms with Crippen molar-refractivity contribution in [3.8, 4) is 0 Å². The van der Waals surface area contributed by atoms with Gasteiger partial charge in [-0.05, 0) is 64.0 Å².